The van der Waals surface area contributed by atoms with Crippen LogP contribution in [-0.4, -0.2) is 42.8 Å². The normalized spacial score (nSPS) is 11.1. The summed E-state index contributed by atoms with van der Waals surface area (Å²) in [6, 6.07) is 2.26. The van der Waals surface area contributed by atoms with Gasteiger partial charge in [-0.2, -0.15) is 0 Å². The third-order valence-electron chi connectivity index (χ3n) is 2.32. The molecule has 2 aromatic rings. The molecule has 1 N–H and O–H groups in total. The van der Waals surface area contributed by atoms with Crippen LogP contribution in [0, 0.1) is 0 Å². The lowest BCUT2D eigenvalue weighted by molar-refractivity contribution is 0.485. The van der Waals surface area contributed by atoms with Gasteiger partial charge in [0.05, 0.1) is 12.3 Å². The Bertz CT molecular complexity index is 485. The van der Waals surface area contributed by atoms with Crippen LogP contribution in [0.2, 0.25) is 0 Å². The molecule has 0 atom stereocenters. The van der Waals surface area contributed by atoms with Crippen molar-refractivity contribution in [3.8, 4) is 0 Å². The molecule has 0 amide bonds. The minimum atomic E-state index is 0.463. The average Bonchev–Trinajstić information content (AvgIpc) is 2.85. The molecule has 8 heteroatoms. The largest absolute Gasteiger partial charge is 0.313 e. The van der Waals surface area contributed by atoms with E-state index in [1.54, 1.807) is 23.1 Å². The van der Waals surface area contributed by atoms with Crippen LogP contribution in [0.5, 0.6) is 0 Å². The Morgan fingerprint density at radius 2 is 2.11 bits per heavy atom. The summed E-state index contributed by atoms with van der Waals surface area (Å²) in [5, 5.41) is 15.8. The summed E-state index contributed by atoms with van der Waals surface area (Å²) in [6.07, 6.45) is 3.47. The maximum absolute atomic E-state index is 4.17. The summed E-state index contributed by atoms with van der Waals surface area (Å²) in [6.45, 7) is 5.82. The smallest absolute Gasteiger partial charge is 0.209 e. The fraction of sp³-hybridized carbons (Fsp3) is 0.545. The van der Waals surface area contributed by atoms with Crippen molar-refractivity contribution in [2.45, 2.75) is 37.3 Å². The summed E-state index contributed by atoms with van der Waals surface area (Å²) >= 11 is 1.54. The molecule has 0 bridgehead atoms. The second kappa shape index (κ2) is 7.15. The monoisotopic (exact) mass is 279 g/mol. The molecule has 0 fully saturated rings. The average molecular weight is 279 g/mol. The Hall–Kier alpha value is -1.54. The minimum absolute atomic E-state index is 0.463. The van der Waals surface area contributed by atoms with Crippen LogP contribution in [0.15, 0.2) is 23.6 Å². The van der Waals surface area contributed by atoms with E-state index in [0.717, 1.165) is 24.1 Å². The molecule has 2 heterocycles. The van der Waals surface area contributed by atoms with E-state index < -0.39 is 0 Å². The highest BCUT2D eigenvalue weighted by Gasteiger charge is 2.07. The SMILES string of the molecule is CC(C)NCCn1nnnc1SCc1ncccn1. The van der Waals surface area contributed by atoms with Crippen LogP contribution < -0.4 is 5.32 Å². The van der Waals surface area contributed by atoms with Crippen LogP contribution >= 0.6 is 11.8 Å². The number of nitrogens with one attached hydrogen (secondary N) is 1. The molecule has 0 aliphatic heterocycles. The van der Waals surface area contributed by atoms with Gasteiger partial charge in [0.25, 0.3) is 0 Å². The third-order valence-corrected chi connectivity index (χ3v) is 3.28. The van der Waals surface area contributed by atoms with Crippen molar-refractivity contribution < 1.29 is 0 Å². The number of rotatable bonds is 7. The number of hydrogen-bond donors (Lipinski definition) is 1. The fourth-order valence-electron chi connectivity index (χ4n) is 1.43. The fourth-order valence-corrected chi connectivity index (χ4v) is 2.21. The van der Waals surface area contributed by atoms with E-state index in [9.17, 15) is 0 Å². The first-order chi connectivity index (χ1) is 9.25. The molecule has 0 radical (unpaired) electrons. The van der Waals surface area contributed by atoms with Crippen LogP contribution in [0.3, 0.4) is 0 Å². The van der Waals surface area contributed by atoms with E-state index in [-0.39, 0.29) is 0 Å². The summed E-state index contributed by atoms with van der Waals surface area (Å²) in [4.78, 5) is 8.34. The van der Waals surface area contributed by atoms with Crippen molar-refractivity contribution in [1.29, 1.82) is 0 Å². The number of aromatic nitrogens is 6. The Labute approximate surface area is 116 Å². The quantitative estimate of drug-likeness (QED) is 0.749. The zero-order valence-electron chi connectivity index (χ0n) is 11.0. The molecule has 0 unspecified atom stereocenters. The third kappa shape index (κ3) is 4.56. The molecule has 0 saturated heterocycles. The maximum atomic E-state index is 4.17. The van der Waals surface area contributed by atoms with Crippen LogP contribution in [0.1, 0.15) is 19.7 Å². The zero-order valence-corrected chi connectivity index (χ0v) is 11.8. The van der Waals surface area contributed by atoms with Gasteiger partial charge >= 0.3 is 0 Å². The standard InChI is InChI=1S/C11H17N7S/c1-9(2)12-6-7-18-11(15-16-17-18)19-8-10-13-4-3-5-14-10/h3-5,9,12H,6-8H2,1-2H3. The number of thioether (sulfide) groups is 1. The lowest BCUT2D eigenvalue weighted by atomic mass is 10.4. The van der Waals surface area contributed by atoms with Gasteiger partial charge in [-0.1, -0.05) is 25.6 Å². The molecule has 0 saturated carbocycles. The van der Waals surface area contributed by atoms with Crippen molar-refractivity contribution in [3.05, 3.63) is 24.3 Å². The van der Waals surface area contributed by atoms with Crippen molar-refractivity contribution in [1.82, 2.24) is 35.5 Å². The highest BCUT2D eigenvalue weighted by Crippen LogP contribution is 2.17. The first kappa shape index (κ1) is 13.9. The molecule has 19 heavy (non-hydrogen) atoms. The molecule has 2 rings (SSSR count). The van der Waals surface area contributed by atoms with E-state index in [1.165, 1.54) is 11.8 Å². The van der Waals surface area contributed by atoms with Gasteiger partial charge in [-0.05, 0) is 16.5 Å². The molecule has 0 aliphatic carbocycles. The molecule has 7 nitrogen and oxygen atoms in total. The van der Waals surface area contributed by atoms with Gasteiger partial charge in [0, 0.05) is 25.0 Å². The van der Waals surface area contributed by atoms with E-state index in [1.807, 2.05) is 0 Å². The minimum Gasteiger partial charge on any atom is -0.313 e. The van der Waals surface area contributed by atoms with Crippen LogP contribution in [0.25, 0.3) is 0 Å². The Kier molecular flexibility index (Phi) is 5.22. The van der Waals surface area contributed by atoms with Crippen LogP contribution in [0.4, 0.5) is 0 Å². The number of hydrogen-bond acceptors (Lipinski definition) is 7. The first-order valence-corrected chi connectivity index (χ1v) is 7.12. The summed E-state index contributed by atoms with van der Waals surface area (Å²) < 4.78 is 1.79. The van der Waals surface area contributed by atoms with Gasteiger partial charge in [0.1, 0.15) is 5.82 Å². The van der Waals surface area contributed by atoms with Gasteiger partial charge in [-0.3, -0.25) is 0 Å². The molecular formula is C11H17N7S. The molecule has 0 aliphatic rings. The first-order valence-electron chi connectivity index (χ1n) is 6.14. The van der Waals surface area contributed by atoms with Gasteiger partial charge in [0.15, 0.2) is 0 Å². The lowest BCUT2D eigenvalue weighted by Gasteiger charge is -2.08. The summed E-state index contributed by atoms with van der Waals surface area (Å²) in [7, 11) is 0. The lowest BCUT2D eigenvalue weighted by Crippen LogP contribution is -2.27. The van der Waals surface area contributed by atoms with Gasteiger partial charge in [0.2, 0.25) is 5.16 Å². The second-order valence-electron chi connectivity index (χ2n) is 4.25. The molecule has 0 spiro atoms. The van der Waals surface area contributed by atoms with E-state index in [0.29, 0.717) is 11.8 Å². The maximum Gasteiger partial charge on any atom is 0.209 e. The highest BCUT2D eigenvalue weighted by molar-refractivity contribution is 7.98. The van der Waals surface area contributed by atoms with E-state index in [2.05, 4.69) is 44.7 Å². The van der Waals surface area contributed by atoms with Crippen molar-refractivity contribution in [2.24, 2.45) is 0 Å². The van der Waals surface area contributed by atoms with E-state index in [4.69, 9.17) is 0 Å². The predicted octanol–water partition coefficient (Wildman–Crippen LogP) is 0.753. The topological polar surface area (TPSA) is 81.4 Å². The van der Waals surface area contributed by atoms with Crippen molar-refractivity contribution >= 4 is 11.8 Å². The second-order valence-corrected chi connectivity index (χ2v) is 5.19. The van der Waals surface area contributed by atoms with Crippen molar-refractivity contribution in [2.75, 3.05) is 6.54 Å². The molecule has 2 aromatic heterocycles. The Balaban J connectivity index is 1.85. The molecule has 0 aromatic carbocycles. The van der Waals surface area contributed by atoms with Gasteiger partial charge in [-0.15, -0.1) is 5.10 Å². The van der Waals surface area contributed by atoms with E-state index >= 15 is 0 Å². The van der Waals surface area contributed by atoms with Gasteiger partial charge < -0.3 is 5.32 Å². The number of nitrogens with zero attached hydrogens (tertiary/aromatic N) is 6. The predicted molar refractivity (Wildman–Crippen MR) is 72.5 cm³/mol. The van der Waals surface area contributed by atoms with Gasteiger partial charge in [-0.25, -0.2) is 14.6 Å². The highest BCUT2D eigenvalue weighted by atomic mass is 32.2. The Morgan fingerprint density at radius 3 is 2.84 bits per heavy atom. The van der Waals surface area contributed by atoms with Crippen LogP contribution in [-0.2, 0) is 12.3 Å². The zero-order chi connectivity index (χ0) is 13.5. The Morgan fingerprint density at radius 1 is 1.32 bits per heavy atom. The number of tetrazole rings is 1. The summed E-state index contributed by atoms with van der Waals surface area (Å²) in [5.41, 5.74) is 0. The molecule has 102 valence electrons. The summed E-state index contributed by atoms with van der Waals surface area (Å²) in [5.74, 6) is 1.45. The van der Waals surface area contributed by atoms with Crippen molar-refractivity contribution in [3.63, 3.8) is 0 Å². The molecular weight excluding hydrogens is 262 g/mol.